The molecule has 23 nitrogen and oxygen atoms in total. The molecule has 7 rings (SSSR count). The summed E-state index contributed by atoms with van der Waals surface area (Å²) in [4.78, 5) is 12.6. The first kappa shape index (κ1) is 47.3. The minimum absolute atomic E-state index is 0.0194. The van der Waals surface area contributed by atoms with E-state index in [0.717, 1.165) is 36.4 Å². The molecule has 0 amide bonds. The highest BCUT2D eigenvalue weighted by Gasteiger charge is 2.50. The van der Waals surface area contributed by atoms with Crippen molar-refractivity contribution in [2.24, 2.45) is 0 Å². The van der Waals surface area contributed by atoms with Crippen molar-refractivity contribution < 1.29 is 114 Å². The fourth-order valence-corrected chi connectivity index (χ4v) is 7.28. The second-order valence-electron chi connectivity index (χ2n) is 15.5. The van der Waals surface area contributed by atoms with Crippen LogP contribution in [0.5, 0.6) is 40.2 Å². The number of carbonyl (C=O) groups is 1. The van der Waals surface area contributed by atoms with Crippen molar-refractivity contribution in [3.8, 4) is 51.6 Å². The number of aliphatic hydroxyl groups is 9. The van der Waals surface area contributed by atoms with Gasteiger partial charge >= 0.3 is 17.3 Å². The molecule has 0 unspecified atom stereocenters. The molecule has 0 spiro atoms. The summed E-state index contributed by atoms with van der Waals surface area (Å²) in [5.41, 5.74) is 0.157. The highest BCUT2D eigenvalue weighted by atomic mass is 16.7. The van der Waals surface area contributed by atoms with Gasteiger partial charge in [0.25, 0.3) is 0 Å². The molecule has 0 saturated carbocycles. The molecule has 0 bridgehead atoms. The number of rotatable bonds is 12. The number of benzene rings is 3. The highest BCUT2D eigenvalue weighted by Crippen LogP contribution is 2.45. The van der Waals surface area contributed by atoms with Gasteiger partial charge in [0.15, 0.2) is 29.6 Å². The summed E-state index contributed by atoms with van der Waals surface area (Å²) in [6, 6.07) is 11.1. The average Bonchev–Trinajstić information content (AvgIpc) is 3.27. The van der Waals surface area contributed by atoms with Crippen molar-refractivity contribution in [2.75, 3.05) is 13.2 Å². The van der Waals surface area contributed by atoms with Crippen molar-refractivity contribution in [3.05, 3.63) is 66.2 Å². The van der Waals surface area contributed by atoms with Crippen molar-refractivity contribution in [3.63, 3.8) is 0 Å². The summed E-state index contributed by atoms with van der Waals surface area (Å²) in [6.07, 6.45) is -23.3. The van der Waals surface area contributed by atoms with E-state index in [4.69, 9.17) is 37.6 Å². The molecule has 0 aliphatic carbocycles. The number of esters is 1. The fraction of sp³-hybridized carbons (Fsp3) is 0.429. The van der Waals surface area contributed by atoms with Gasteiger partial charge in [0.05, 0.1) is 30.9 Å². The number of ether oxygens (including phenoxy) is 7. The van der Waals surface area contributed by atoms with E-state index < -0.39 is 140 Å². The first-order valence-electron chi connectivity index (χ1n) is 19.9. The Labute approximate surface area is 366 Å². The Bertz CT molecular complexity index is 2320. The minimum atomic E-state index is -2.03. The Kier molecular flexibility index (Phi) is 14.2. The van der Waals surface area contributed by atoms with Gasteiger partial charge in [0.2, 0.25) is 18.3 Å². The Hall–Kier alpha value is -5.64. The van der Waals surface area contributed by atoms with Gasteiger partial charge in [-0.25, -0.2) is 9.21 Å². The van der Waals surface area contributed by atoms with Gasteiger partial charge in [-0.1, -0.05) is 12.1 Å². The number of fused-ring (bicyclic) bond motifs is 1. The molecule has 3 aliphatic heterocycles. The van der Waals surface area contributed by atoms with E-state index >= 15 is 0 Å². The van der Waals surface area contributed by atoms with E-state index in [0.29, 0.717) is 5.56 Å². The van der Waals surface area contributed by atoms with Gasteiger partial charge in [-0.2, -0.15) is 0 Å². The molecule has 3 aromatic carbocycles. The van der Waals surface area contributed by atoms with E-state index in [1.165, 1.54) is 37.3 Å². The van der Waals surface area contributed by atoms with Crippen molar-refractivity contribution in [2.45, 2.75) is 99.0 Å². The van der Waals surface area contributed by atoms with Crippen molar-refractivity contribution in [1.29, 1.82) is 0 Å². The van der Waals surface area contributed by atoms with Crippen molar-refractivity contribution in [1.82, 2.24) is 0 Å². The van der Waals surface area contributed by atoms with Crippen LogP contribution < -0.4 is 9.47 Å². The molecule has 3 fully saturated rings. The third-order valence-corrected chi connectivity index (χ3v) is 10.9. The third kappa shape index (κ3) is 9.97. The van der Waals surface area contributed by atoms with Crippen LogP contribution in [0.25, 0.3) is 28.4 Å². The molecule has 65 heavy (non-hydrogen) atoms. The Balaban J connectivity index is 1.12. The van der Waals surface area contributed by atoms with Crippen LogP contribution in [-0.4, -0.2) is 183 Å². The minimum Gasteiger partial charge on any atom is -0.508 e. The van der Waals surface area contributed by atoms with Gasteiger partial charge < -0.3 is 105 Å². The lowest BCUT2D eigenvalue weighted by molar-refractivity contribution is -0.319. The molecule has 15 atom stereocenters. The van der Waals surface area contributed by atoms with Crippen LogP contribution in [0, 0.1) is 0 Å². The molecule has 4 aromatic rings. The molecule has 23 heteroatoms. The normalized spacial score (nSPS) is 32.9. The lowest BCUT2D eigenvalue weighted by Crippen LogP contribution is -2.62. The van der Waals surface area contributed by atoms with Gasteiger partial charge in [0.1, 0.15) is 83.7 Å². The first-order valence-corrected chi connectivity index (χ1v) is 19.9. The Morgan fingerprint density at radius 2 is 1.25 bits per heavy atom. The molecule has 1 aromatic heterocycles. The van der Waals surface area contributed by atoms with E-state index in [1.54, 1.807) is 0 Å². The zero-order valence-electron chi connectivity index (χ0n) is 33.9. The van der Waals surface area contributed by atoms with Crippen LogP contribution in [0.2, 0.25) is 0 Å². The third-order valence-electron chi connectivity index (χ3n) is 10.9. The molecule has 14 N–H and O–H groups in total. The second kappa shape index (κ2) is 19.4. The van der Waals surface area contributed by atoms with E-state index in [1.807, 2.05) is 0 Å². The van der Waals surface area contributed by atoms with Crippen LogP contribution in [-0.2, 0) is 28.5 Å². The lowest BCUT2D eigenvalue weighted by Gasteiger charge is -2.42. The summed E-state index contributed by atoms with van der Waals surface area (Å²) >= 11 is 0. The van der Waals surface area contributed by atoms with Crippen LogP contribution in [0.15, 0.2) is 65.1 Å². The maximum atomic E-state index is 12.6. The number of phenolic OH excluding ortho intramolecular Hbond substituents is 5. The number of phenols is 5. The number of hydrogen-bond donors (Lipinski definition) is 14. The van der Waals surface area contributed by atoms with Gasteiger partial charge in [-0.05, 0) is 30.7 Å². The zero-order chi connectivity index (χ0) is 47.0. The molecule has 352 valence electrons. The molecule has 4 heterocycles. The SMILES string of the molecule is C[C@H]1O[C@H](OC[C@H]2O[C@@H](Oc3cc4c(O[C@@H]5O[C@H](CO)[C@@H](O)[C@@H](O)[C@H]5O)cc(O)cc4[o+]c3-c3cc(O)c(O)c(O)c3)[C@H](O)[C@H](O)[C@@H]2O)[C@H](O)[C@H](O)[C@H]1OC(=O)/C=C/c1ccc(O)cc1. The summed E-state index contributed by atoms with van der Waals surface area (Å²) in [5, 5.41) is 146. The van der Waals surface area contributed by atoms with Gasteiger partial charge in [0, 0.05) is 30.3 Å². The largest absolute Gasteiger partial charge is 0.508 e. The number of hydrogen-bond acceptors (Lipinski definition) is 22. The lowest BCUT2D eigenvalue weighted by atomic mass is 9.98. The first-order chi connectivity index (χ1) is 30.8. The molecule has 0 radical (unpaired) electrons. The van der Waals surface area contributed by atoms with Crippen LogP contribution in [0.1, 0.15) is 12.5 Å². The van der Waals surface area contributed by atoms with Crippen LogP contribution in [0.3, 0.4) is 0 Å². The quantitative estimate of drug-likeness (QED) is 0.0329. The second-order valence-corrected chi connectivity index (χ2v) is 15.5. The van der Waals surface area contributed by atoms with Gasteiger partial charge in [-0.15, -0.1) is 0 Å². The predicted octanol–water partition coefficient (Wildman–Crippen LogP) is -1.62. The van der Waals surface area contributed by atoms with Crippen LogP contribution in [0.4, 0.5) is 0 Å². The number of aromatic hydroxyl groups is 5. The number of aliphatic hydroxyl groups excluding tert-OH is 9. The van der Waals surface area contributed by atoms with Gasteiger partial charge in [-0.3, -0.25) is 0 Å². The maximum Gasteiger partial charge on any atom is 0.402 e. The standard InChI is InChI=1S/C42H46O23/c1-15-38(65-28(48)7-4-16-2-5-18(44)6-3-16)34(54)37(57)40(59-15)58-14-27-31(51)33(53)36(56)42(64-27)62-25-12-20-23(60-39(25)17-8-21(46)29(49)22(47)9-17)10-19(45)11-24(20)61-41-35(55)32(52)30(50)26(13-43)63-41/h2-12,15,26-27,30-38,40-43,50-57H,13-14H2,1H3,(H4-,44,45,46,47,48,49)/p+1/t15-,26-,27-,30-,31-,32-,33-,34+,35-,36-,37-,38+,40+,41-,42-/m1/s1. The summed E-state index contributed by atoms with van der Waals surface area (Å²) in [6.45, 7) is -0.0677. The molecule has 3 aliphatic rings. The number of carbonyl (C=O) groups excluding carboxylic acids is 1. The average molecular weight is 920 g/mol. The Morgan fingerprint density at radius 1 is 0.662 bits per heavy atom. The summed E-state index contributed by atoms with van der Waals surface area (Å²) in [5.74, 6) is -5.06. The van der Waals surface area contributed by atoms with Crippen molar-refractivity contribution >= 4 is 23.0 Å². The van der Waals surface area contributed by atoms with E-state index in [2.05, 4.69) is 0 Å². The smallest absolute Gasteiger partial charge is 0.402 e. The highest BCUT2D eigenvalue weighted by molar-refractivity contribution is 5.89. The monoisotopic (exact) mass is 919 g/mol. The molecule has 3 saturated heterocycles. The van der Waals surface area contributed by atoms with E-state index in [-0.39, 0.29) is 33.8 Å². The Morgan fingerprint density at radius 3 is 1.88 bits per heavy atom. The predicted molar refractivity (Wildman–Crippen MR) is 214 cm³/mol. The summed E-state index contributed by atoms with van der Waals surface area (Å²) in [7, 11) is 0. The topological polar surface area (TPSA) is 376 Å². The zero-order valence-corrected chi connectivity index (χ0v) is 33.9. The van der Waals surface area contributed by atoms with Crippen LogP contribution >= 0.6 is 0 Å². The van der Waals surface area contributed by atoms with E-state index in [9.17, 15) is 76.3 Å². The molecular formula is C42H47O23+. The maximum absolute atomic E-state index is 12.6. The molecular weight excluding hydrogens is 872 g/mol. The summed E-state index contributed by atoms with van der Waals surface area (Å²) < 4.78 is 45.8. The fourth-order valence-electron chi connectivity index (χ4n) is 7.28.